The number of nitrogens with zero attached hydrogens (tertiary/aromatic N) is 3. The first kappa shape index (κ1) is 13.8. The van der Waals surface area contributed by atoms with Gasteiger partial charge < -0.3 is 25.1 Å². The van der Waals surface area contributed by atoms with Gasteiger partial charge in [-0.1, -0.05) is 6.58 Å². The van der Waals surface area contributed by atoms with Crippen molar-refractivity contribution in [3.05, 3.63) is 28.8 Å². The van der Waals surface area contributed by atoms with E-state index < -0.39 is 11.7 Å². The number of imidazole rings is 1. The van der Waals surface area contributed by atoms with E-state index in [-0.39, 0.29) is 23.4 Å². The lowest BCUT2D eigenvalue weighted by molar-refractivity contribution is 0.0794. The van der Waals surface area contributed by atoms with Crippen LogP contribution in [0.1, 0.15) is 12.5 Å². The predicted octanol–water partition coefficient (Wildman–Crippen LogP) is -0.174. The molecule has 8 nitrogen and oxygen atoms in total. The molecule has 0 spiro atoms. The first-order valence-electron chi connectivity index (χ1n) is 6.61. The van der Waals surface area contributed by atoms with Gasteiger partial charge in [-0.25, -0.2) is 4.98 Å². The van der Waals surface area contributed by atoms with Crippen molar-refractivity contribution in [1.82, 2.24) is 19.5 Å². The summed E-state index contributed by atoms with van der Waals surface area (Å²) in [6.45, 7) is 4.47. The summed E-state index contributed by atoms with van der Waals surface area (Å²) < 4.78 is 6.90. The molecule has 2 aromatic heterocycles. The molecule has 0 amide bonds. The van der Waals surface area contributed by atoms with Gasteiger partial charge in [0.25, 0.3) is 0 Å². The summed E-state index contributed by atoms with van der Waals surface area (Å²) >= 11 is 0. The average molecular weight is 291 g/mol. The number of aromatic amines is 1. The number of nitrogens with one attached hydrogen (secondary N) is 1. The minimum absolute atomic E-state index is 0.0341. The molecule has 4 N–H and O–H groups in total. The lowest BCUT2D eigenvalue weighted by Crippen LogP contribution is -2.19. The minimum atomic E-state index is -0.536. The second-order valence-corrected chi connectivity index (χ2v) is 5.23. The zero-order valence-electron chi connectivity index (χ0n) is 11.6. The maximum atomic E-state index is 11.8. The highest BCUT2D eigenvalue weighted by molar-refractivity contribution is 5.70. The Morgan fingerprint density at radius 3 is 3.14 bits per heavy atom. The predicted molar refractivity (Wildman–Crippen MR) is 76.7 cm³/mol. The number of methoxy groups -OCH3 is 1. The number of nitrogen functional groups attached to an aromatic ring is 1. The monoisotopic (exact) mass is 291 g/mol. The van der Waals surface area contributed by atoms with Crippen molar-refractivity contribution in [1.29, 1.82) is 0 Å². The van der Waals surface area contributed by atoms with Crippen molar-refractivity contribution in [2.24, 2.45) is 5.92 Å². The lowest BCUT2D eigenvalue weighted by atomic mass is 10.0. The first-order valence-corrected chi connectivity index (χ1v) is 6.61. The van der Waals surface area contributed by atoms with Crippen LogP contribution in [0, 0.1) is 5.92 Å². The van der Waals surface area contributed by atoms with Crippen LogP contribution in [-0.4, -0.2) is 44.4 Å². The Hall–Kier alpha value is -2.19. The second-order valence-electron chi connectivity index (χ2n) is 5.23. The van der Waals surface area contributed by atoms with Crippen LogP contribution in [0.3, 0.4) is 0 Å². The number of rotatable bonds is 3. The number of aliphatic hydroxyl groups excluding tert-OH is 1. The van der Waals surface area contributed by atoms with Gasteiger partial charge in [0.05, 0.1) is 25.1 Å². The van der Waals surface area contributed by atoms with Gasteiger partial charge in [0.15, 0.2) is 5.52 Å². The molecule has 112 valence electrons. The Labute approximate surface area is 120 Å². The Balaban J connectivity index is 2.06. The number of nitrogens with two attached hydrogens (primary N) is 1. The molecular formula is C13H17N5O3. The van der Waals surface area contributed by atoms with E-state index in [1.54, 1.807) is 18.0 Å². The zero-order valence-corrected chi connectivity index (χ0v) is 11.6. The standard InChI is InChI=1S/C13H17N5O3/c1-6-7(4-21-2)9(19)3-8(6)18-5-15-10-11(18)16-13(14)17-12(10)20/h5,7-9,19H,1,3-4H2,2H3,(H3,14,16,17,20)/t7-,8?,9-/m0/s1. The van der Waals surface area contributed by atoms with Gasteiger partial charge in [-0.2, -0.15) is 4.98 Å². The summed E-state index contributed by atoms with van der Waals surface area (Å²) in [7, 11) is 1.59. The molecule has 21 heavy (non-hydrogen) atoms. The molecule has 1 unspecified atom stereocenters. The normalized spacial score (nSPS) is 25.8. The number of aliphatic hydroxyl groups is 1. The van der Waals surface area contributed by atoms with Crippen molar-refractivity contribution in [2.45, 2.75) is 18.6 Å². The van der Waals surface area contributed by atoms with Crippen LogP contribution in [0.15, 0.2) is 23.3 Å². The van der Waals surface area contributed by atoms with E-state index in [2.05, 4.69) is 21.5 Å². The van der Waals surface area contributed by atoms with E-state index in [0.717, 1.165) is 5.57 Å². The summed E-state index contributed by atoms with van der Waals surface area (Å²) in [5.74, 6) is -0.102. The molecule has 0 aliphatic heterocycles. The van der Waals surface area contributed by atoms with Crippen molar-refractivity contribution in [2.75, 3.05) is 19.5 Å². The van der Waals surface area contributed by atoms with E-state index in [4.69, 9.17) is 10.5 Å². The highest BCUT2D eigenvalue weighted by atomic mass is 16.5. The van der Waals surface area contributed by atoms with Gasteiger partial charge in [0.2, 0.25) is 5.95 Å². The van der Waals surface area contributed by atoms with Crippen LogP contribution in [0.2, 0.25) is 0 Å². The van der Waals surface area contributed by atoms with Gasteiger partial charge in [-0.05, 0) is 12.0 Å². The molecule has 1 aliphatic carbocycles. The van der Waals surface area contributed by atoms with E-state index in [1.165, 1.54) is 0 Å². The molecule has 0 saturated heterocycles. The Kier molecular flexibility index (Phi) is 3.26. The van der Waals surface area contributed by atoms with Crippen LogP contribution in [0.25, 0.3) is 11.2 Å². The van der Waals surface area contributed by atoms with Gasteiger partial charge in [0.1, 0.15) is 5.65 Å². The Bertz CT molecular complexity index is 750. The summed E-state index contributed by atoms with van der Waals surface area (Å²) in [4.78, 5) is 22.3. The lowest BCUT2D eigenvalue weighted by Gasteiger charge is -2.17. The average Bonchev–Trinajstić information content (AvgIpc) is 2.95. The minimum Gasteiger partial charge on any atom is -0.392 e. The van der Waals surface area contributed by atoms with E-state index >= 15 is 0 Å². The van der Waals surface area contributed by atoms with Crippen molar-refractivity contribution >= 4 is 17.1 Å². The zero-order chi connectivity index (χ0) is 15.1. The third kappa shape index (κ3) is 2.12. The highest BCUT2D eigenvalue weighted by Crippen LogP contribution is 2.40. The summed E-state index contributed by atoms with van der Waals surface area (Å²) in [6.07, 6.45) is 1.50. The van der Waals surface area contributed by atoms with Gasteiger partial charge in [0, 0.05) is 13.0 Å². The van der Waals surface area contributed by atoms with Crippen molar-refractivity contribution < 1.29 is 9.84 Å². The molecule has 0 radical (unpaired) electrons. The fourth-order valence-electron chi connectivity index (χ4n) is 2.92. The fourth-order valence-corrected chi connectivity index (χ4v) is 2.92. The number of ether oxygens (including phenoxy) is 1. The number of hydrogen-bond donors (Lipinski definition) is 3. The van der Waals surface area contributed by atoms with Crippen LogP contribution in [-0.2, 0) is 4.74 Å². The molecule has 2 heterocycles. The fraction of sp³-hybridized carbons (Fsp3) is 0.462. The van der Waals surface area contributed by atoms with Crippen LogP contribution < -0.4 is 11.3 Å². The molecule has 1 fully saturated rings. The highest BCUT2D eigenvalue weighted by Gasteiger charge is 2.38. The number of H-pyrrole nitrogens is 1. The summed E-state index contributed by atoms with van der Waals surface area (Å²) in [5, 5.41) is 10.2. The smallest absolute Gasteiger partial charge is 0.302 e. The quantitative estimate of drug-likeness (QED) is 0.675. The number of aromatic nitrogens is 4. The van der Waals surface area contributed by atoms with Gasteiger partial charge in [-0.15, -0.1) is 0 Å². The molecule has 1 saturated carbocycles. The molecule has 0 aromatic carbocycles. The maximum absolute atomic E-state index is 11.8. The Morgan fingerprint density at radius 2 is 2.43 bits per heavy atom. The molecule has 1 aliphatic rings. The summed E-state index contributed by atoms with van der Waals surface area (Å²) in [6, 6.07) is -0.164. The molecule has 0 bridgehead atoms. The van der Waals surface area contributed by atoms with Crippen LogP contribution in [0.5, 0.6) is 0 Å². The maximum Gasteiger partial charge on any atom is 0.302 e. The van der Waals surface area contributed by atoms with Crippen molar-refractivity contribution in [3.63, 3.8) is 0 Å². The largest absolute Gasteiger partial charge is 0.392 e. The second kappa shape index (κ2) is 4.97. The van der Waals surface area contributed by atoms with E-state index in [1.807, 2.05) is 0 Å². The molecular weight excluding hydrogens is 274 g/mol. The third-order valence-electron chi connectivity index (χ3n) is 3.98. The topological polar surface area (TPSA) is 119 Å². The van der Waals surface area contributed by atoms with Gasteiger partial charge in [-0.3, -0.25) is 4.79 Å². The Morgan fingerprint density at radius 1 is 1.67 bits per heavy atom. The molecule has 3 rings (SSSR count). The molecule has 8 heteroatoms. The van der Waals surface area contributed by atoms with Crippen molar-refractivity contribution in [3.8, 4) is 0 Å². The SMILES string of the molecule is C=C1C(n2cnc3c(=O)nc(N)[nH]c32)C[C@H](O)[C@H]1COC. The number of fused-ring (bicyclic) bond motifs is 1. The summed E-state index contributed by atoms with van der Waals surface area (Å²) in [5.41, 5.74) is 6.68. The third-order valence-corrected chi connectivity index (χ3v) is 3.98. The number of anilines is 1. The van der Waals surface area contributed by atoms with Gasteiger partial charge >= 0.3 is 5.56 Å². The number of hydrogen-bond acceptors (Lipinski definition) is 6. The first-order chi connectivity index (χ1) is 10.0. The molecule has 2 aromatic rings. The van der Waals surface area contributed by atoms with E-state index in [9.17, 15) is 9.90 Å². The van der Waals surface area contributed by atoms with E-state index in [0.29, 0.717) is 18.7 Å². The van der Waals surface area contributed by atoms with Crippen LogP contribution >= 0.6 is 0 Å². The molecule has 3 atom stereocenters. The van der Waals surface area contributed by atoms with Crippen LogP contribution in [0.4, 0.5) is 5.95 Å².